The van der Waals surface area contributed by atoms with Gasteiger partial charge in [-0.15, -0.1) is 0 Å². The minimum absolute atomic E-state index is 0.194. The average molecular weight is 278 g/mol. The van der Waals surface area contributed by atoms with Crippen LogP contribution in [0.15, 0.2) is 12.1 Å². The lowest BCUT2D eigenvalue weighted by molar-refractivity contribution is 0.0696. The van der Waals surface area contributed by atoms with Gasteiger partial charge in [0.05, 0.1) is 11.7 Å². The summed E-state index contributed by atoms with van der Waals surface area (Å²) in [5.74, 6) is 0.110. The van der Waals surface area contributed by atoms with Crippen molar-refractivity contribution in [2.75, 3.05) is 11.9 Å². The van der Waals surface area contributed by atoms with Crippen molar-refractivity contribution in [1.82, 2.24) is 4.98 Å². The molecule has 1 fully saturated rings. The second kappa shape index (κ2) is 6.70. The third-order valence-electron chi connectivity index (χ3n) is 3.81. The highest BCUT2D eigenvalue weighted by Gasteiger charge is 2.20. The first-order chi connectivity index (χ1) is 9.58. The minimum atomic E-state index is -0.932. The van der Waals surface area contributed by atoms with Crippen molar-refractivity contribution in [1.29, 1.82) is 0 Å². The number of anilines is 1. The number of carbonyl (C=O) groups is 1. The summed E-state index contributed by atoms with van der Waals surface area (Å²) >= 11 is 0. The van der Waals surface area contributed by atoms with Gasteiger partial charge in [0.1, 0.15) is 5.82 Å². The van der Waals surface area contributed by atoms with Crippen LogP contribution in [0.1, 0.15) is 48.7 Å². The molecule has 1 aliphatic carbocycles. The van der Waals surface area contributed by atoms with Crippen LogP contribution in [0, 0.1) is 5.92 Å². The van der Waals surface area contributed by atoms with Gasteiger partial charge in [-0.3, -0.25) is 0 Å². The van der Waals surface area contributed by atoms with E-state index < -0.39 is 5.97 Å². The van der Waals surface area contributed by atoms with Crippen LogP contribution in [0.3, 0.4) is 0 Å². The van der Waals surface area contributed by atoms with Crippen molar-refractivity contribution in [3.63, 3.8) is 0 Å². The topological polar surface area (TPSA) is 82.5 Å². The van der Waals surface area contributed by atoms with Crippen LogP contribution in [-0.2, 0) is 6.42 Å². The molecule has 0 spiro atoms. The molecule has 0 aliphatic heterocycles. The van der Waals surface area contributed by atoms with E-state index in [0.29, 0.717) is 18.2 Å². The number of pyridine rings is 1. The number of nitrogens with zero attached hydrogens (tertiary/aromatic N) is 1. The van der Waals surface area contributed by atoms with E-state index in [9.17, 15) is 9.90 Å². The number of aliphatic hydroxyl groups excluding tert-OH is 1. The molecule has 2 rings (SSSR count). The second-order valence-corrected chi connectivity index (χ2v) is 5.46. The summed E-state index contributed by atoms with van der Waals surface area (Å²) in [5, 5.41) is 22.0. The van der Waals surface area contributed by atoms with Crippen molar-refractivity contribution >= 4 is 11.8 Å². The van der Waals surface area contributed by atoms with Gasteiger partial charge in [-0.25, -0.2) is 9.78 Å². The Labute approximate surface area is 119 Å². The summed E-state index contributed by atoms with van der Waals surface area (Å²) in [6, 6.07) is 3.18. The predicted molar refractivity (Wildman–Crippen MR) is 77.0 cm³/mol. The molecule has 5 heteroatoms. The Bertz CT molecular complexity index is 476. The number of aliphatic hydroxyl groups is 1. The fourth-order valence-corrected chi connectivity index (χ4v) is 2.68. The minimum Gasteiger partial charge on any atom is -0.478 e. The van der Waals surface area contributed by atoms with Crippen LogP contribution in [0.25, 0.3) is 0 Å². The van der Waals surface area contributed by atoms with Gasteiger partial charge in [0, 0.05) is 12.2 Å². The predicted octanol–water partition coefficient (Wildman–Crippen LogP) is 2.31. The number of aryl methyl sites for hydroxylation is 1. The van der Waals surface area contributed by atoms with Crippen molar-refractivity contribution in [3.05, 3.63) is 23.4 Å². The quantitative estimate of drug-likeness (QED) is 0.770. The third-order valence-corrected chi connectivity index (χ3v) is 3.81. The Morgan fingerprint density at radius 1 is 1.45 bits per heavy atom. The van der Waals surface area contributed by atoms with Crippen LogP contribution in [-0.4, -0.2) is 33.8 Å². The number of hydrogen-bond donors (Lipinski definition) is 3. The van der Waals surface area contributed by atoms with E-state index in [0.717, 1.165) is 37.9 Å². The maximum atomic E-state index is 11.1. The molecule has 1 saturated carbocycles. The largest absolute Gasteiger partial charge is 0.478 e. The summed E-state index contributed by atoms with van der Waals surface area (Å²) in [5.41, 5.74) is 1.04. The number of carboxylic acid groups (broad SMARTS) is 1. The maximum absolute atomic E-state index is 11.1. The fourth-order valence-electron chi connectivity index (χ4n) is 2.68. The zero-order chi connectivity index (χ0) is 14.5. The lowest BCUT2D eigenvalue weighted by Crippen LogP contribution is -2.25. The van der Waals surface area contributed by atoms with Crippen LogP contribution >= 0.6 is 0 Å². The summed E-state index contributed by atoms with van der Waals surface area (Å²) in [6.45, 7) is 2.69. The van der Waals surface area contributed by atoms with E-state index in [2.05, 4.69) is 10.3 Å². The molecule has 5 nitrogen and oxygen atoms in total. The van der Waals surface area contributed by atoms with Crippen LogP contribution < -0.4 is 5.32 Å². The number of carboxylic acids is 1. The third kappa shape index (κ3) is 3.93. The lowest BCUT2D eigenvalue weighted by atomic mass is 9.87. The van der Waals surface area contributed by atoms with Crippen LogP contribution in [0.5, 0.6) is 0 Å². The molecule has 0 radical (unpaired) electrons. The smallest absolute Gasteiger partial charge is 0.335 e. The van der Waals surface area contributed by atoms with Crippen molar-refractivity contribution in [3.8, 4) is 0 Å². The molecule has 0 amide bonds. The van der Waals surface area contributed by atoms with Gasteiger partial charge in [0.15, 0.2) is 0 Å². The molecular formula is C15H22N2O3. The van der Waals surface area contributed by atoms with E-state index in [-0.39, 0.29) is 11.7 Å². The molecule has 1 heterocycles. The molecule has 1 aromatic heterocycles. The van der Waals surface area contributed by atoms with Gasteiger partial charge >= 0.3 is 5.97 Å². The van der Waals surface area contributed by atoms with Crippen molar-refractivity contribution in [2.24, 2.45) is 5.92 Å². The monoisotopic (exact) mass is 278 g/mol. The van der Waals surface area contributed by atoms with E-state index >= 15 is 0 Å². The van der Waals surface area contributed by atoms with Crippen LogP contribution in [0.2, 0.25) is 0 Å². The summed E-state index contributed by atoms with van der Waals surface area (Å²) in [4.78, 5) is 15.5. The zero-order valence-electron chi connectivity index (χ0n) is 11.8. The number of aromatic nitrogens is 1. The molecular weight excluding hydrogens is 256 g/mol. The highest BCUT2D eigenvalue weighted by molar-refractivity contribution is 5.88. The van der Waals surface area contributed by atoms with Gasteiger partial charge in [-0.2, -0.15) is 0 Å². The Balaban J connectivity index is 2.01. The highest BCUT2D eigenvalue weighted by Crippen LogP contribution is 2.24. The molecule has 2 unspecified atom stereocenters. The number of nitrogens with one attached hydrogen (secondary N) is 1. The van der Waals surface area contributed by atoms with E-state index in [1.165, 1.54) is 0 Å². The SMILES string of the molecule is CCc1cc(C(=O)O)cc(NCC2CCCC(O)C2)n1. The maximum Gasteiger partial charge on any atom is 0.335 e. The first-order valence-corrected chi connectivity index (χ1v) is 7.24. The van der Waals surface area contributed by atoms with Crippen molar-refractivity contribution < 1.29 is 15.0 Å². The summed E-state index contributed by atoms with van der Waals surface area (Å²) in [6.07, 6.45) is 4.37. The van der Waals surface area contributed by atoms with Gasteiger partial charge in [-0.05, 0) is 43.7 Å². The van der Waals surface area contributed by atoms with Gasteiger partial charge in [0.25, 0.3) is 0 Å². The summed E-state index contributed by atoms with van der Waals surface area (Å²) < 4.78 is 0. The normalized spacial score (nSPS) is 22.5. The Morgan fingerprint density at radius 2 is 2.25 bits per heavy atom. The first kappa shape index (κ1) is 14.8. The number of rotatable bonds is 5. The molecule has 0 saturated heterocycles. The number of hydrogen-bond acceptors (Lipinski definition) is 4. The Morgan fingerprint density at radius 3 is 2.90 bits per heavy atom. The molecule has 1 aliphatic rings. The van der Waals surface area contributed by atoms with Gasteiger partial charge in [-0.1, -0.05) is 13.3 Å². The molecule has 110 valence electrons. The van der Waals surface area contributed by atoms with E-state index in [1.807, 2.05) is 6.92 Å². The van der Waals surface area contributed by atoms with Gasteiger partial charge < -0.3 is 15.5 Å². The molecule has 20 heavy (non-hydrogen) atoms. The molecule has 3 N–H and O–H groups in total. The zero-order valence-corrected chi connectivity index (χ0v) is 11.8. The lowest BCUT2D eigenvalue weighted by Gasteiger charge is -2.26. The Hall–Kier alpha value is -1.62. The standard InChI is InChI=1S/C15H22N2O3/c1-2-12-7-11(15(19)20)8-14(17-12)16-9-10-4-3-5-13(18)6-10/h7-8,10,13,18H,2-6,9H2,1H3,(H,16,17)(H,19,20). The molecule has 0 bridgehead atoms. The van der Waals surface area contributed by atoms with Crippen molar-refractivity contribution in [2.45, 2.75) is 45.1 Å². The first-order valence-electron chi connectivity index (χ1n) is 7.24. The highest BCUT2D eigenvalue weighted by atomic mass is 16.4. The summed E-state index contributed by atoms with van der Waals surface area (Å²) in [7, 11) is 0. The molecule has 2 atom stereocenters. The van der Waals surface area contributed by atoms with E-state index in [4.69, 9.17) is 5.11 Å². The second-order valence-electron chi connectivity index (χ2n) is 5.46. The number of aromatic carboxylic acids is 1. The molecule has 0 aromatic carbocycles. The molecule has 1 aromatic rings. The fraction of sp³-hybridized carbons (Fsp3) is 0.600. The van der Waals surface area contributed by atoms with Crippen LogP contribution in [0.4, 0.5) is 5.82 Å². The Kier molecular flexibility index (Phi) is 4.95. The van der Waals surface area contributed by atoms with Gasteiger partial charge in [0.2, 0.25) is 0 Å². The van der Waals surface area contributed by atoms with E-state index in [1.54, 1.807) is 12.1 Å². The average Bonchev–Trinajstić information content (AvgIpc) is 2.45.